The second-order valence-electron chi connectivity index (χ2n) is 12.3. The number of methoxy groups -OCH3 is 1. The first-order valence-electron chi connectivity index (χ1n) is 14.6. The quantitative estimate of drug-likeness (QED) is 0.347. The number of ether oxygens (including phenoxy) is 4. The van der Waals surface area contributed by atoms with E-state index in [1.54, 1.807) is 30.5 Å². The third-order valence-electron chi connectivity index (χ3n) is 9.88. The number of H-pyrrole nitrogens is 1. The Hall–Kier alpha value is -2.76. The Morgan fingerprint density at radius 2 is 2.05 bits per heavy atom. The molecule has 2 fully saturated rings. The maximum absolute atomic E-state index is 13.4. The molecule has 4 aliphatic rings. The zero-order valence-corrected chi connectivity index (χ0v) is 25.2. The zero-order chi connectivity index (χ0) is 29.9. The summed E-state index contributed by atoms with van der Waals surface area (Å²) in [6.45, 7) is 7.37. The summed E-state index contributed by atoms with van der Waals surface area (Å²) in [7, 11) is 1.47. The number of carbonyl (C=O) groups excluding carboxylic acids is 2. The van der Waals surface area contributed by atoms with Crippen molar-refractivity contribution in [2.75, 3.05) is 7.11 Å². The highest BCUT2D eigenvalue weighted by Gasteiger charge is 2.69. The summed E-state index contributed by atoms with van der Waals surface area (Å²) >= 11 is 1.58. The van der Waals surface area contributed by atoms with Crippen LogP contribution in [0.1, 0.15) is 44.6 Å². The van der Waals surface area contributed by atoms with Crippen molar-refractivity contribution in [1.82, 2.24) is 4.98 Å². The Labute approximate surface area is 249 Å². The van der Waals surface area contributed by atoms with Gasteiger partial charge in [0.1, 0.15) is 29.6 Å². The van der Waals surface area contributed by atoms with Crippen molar-refractivity contribution in [3.05, 3.63) is 58.6 Å². The van der Waals surface area contributed by atoms with Gasteiger partial charge in [-0.15, -0.1) is 0 Å². The predicted molar refractivity (Wildman–Crippen MR) is 156 cm³/mol. The first-order valence-corrected chi connectivity index (χ1v) is 15.6. The number of aromatic nitrogens is 1. The van der Waals surface area contributed by atoms with Crippen LogP contribution in [0.25, 0.3) is 11.1 Å². The van der Waals surface area contributed by atoms with E-state index in [1.807, 2.05) is 49.7 Å². The molecule has 10 heteroatoms. The topological polar surface area (TPSA) is 127 Å². The minimum Gasteiger partial charge on any atom is -0.457 e. The predicted octanol–water partition coefficient (Wildman–Crippen LogP) is 4.13. The first-order chi connectivity index (χ1) is 20.1. The summed E-state index contributed by atoms with van der Waals surface area (Å²) < 4.78 is 24.5. The van der Waals surface area contributed by atoms with Crippen molar-refractivity contribution >= 4 is 23.3 Å². The number of hydrogen-bond donors (Lipinski definition) is 3. The number of aromatic amines is 1. The van der Waals surface area contributed by atoms with Crippen LogP contribution >= 0.6 is 11.3 Å². The number of aliphatic hydroxyl groups excluding tert-OH is 2. The van der Waals surface area contributed by atoms with E-state index in [-0.39, 0.29) is 30.1 Å². The Balaban J connectivity index is 1.35. The van der Waals surface area contributed by atoms with Crippen molar-refractivity contribution in [3.63, 3.8) is 0 Å². The normalized spacial score (nSPS) is 41.3. The lowest BCUT2D eigenvalue weighted by molar-refractivity contribution is -0.172. The molecule has 4 heterocycles. The van der Waals surface area contributed by atoms with Crippen molar-refractivity contribution in [2.45, 2.75) is 76.3 Å². The molecule has 2 aromatic heterocycles. The molecule has 0 radical (unpaired) electrons. The van der Waals surface area contributed by atoms with Crippen LogP contribution in [-0.4, -0.2) is 76.5 Å². The lowest BCUT2D eigenvalue weighted by Gasteiger charge is -2.48. The van der Waals surface area contributed by atoms with Gasteiger partial charge in [-0.1, -0.05) is 32.1 Å². The van der Waals surface area contributed by atoms with E-state index in [4.69, 9.17) is 18.9 Å². The van der Waals surface area contributed by atoms with Gasteiger partial charge in [0.2, 0.25) is 0 Å². The van der Waals surface area contributed by atoms with Crippen molar-refractivity contribution < 1.29 is 38.7 Å². The van der Waals surface area contributed by atoms with Crippen molar-refractivity contribution in [1.29, 1.82) is 0 Å². The Morgan fingerprint density at radius 1 is 1.26 bits per heavy atom. The van der Waals surface area contributed by atoms with Crippen LogP contribution in [0.5, 0.6) is 0 Å². The van der Waals surface area contributed by atoms with Gasteiger partial charge in [0, 0.05) is 48.5 Å². The van der Waals surface area contributed by atoms with Crippen LogP contribution in [-0.2, 0) is 23.7 Å². The minimum atomic E-state index is -0.955. The third-order valence-corrected chi connectivity index (χ3v) is 10.6. The van der Waals surface area contributed by atoms with Crippen molar-refractivity contribution in [3.8, 4) is 11.1 Å². The van der Waals surface area contributed by atoms with Gasteiger partial charge in [-0.3, -0.25) is 0 Å². The van der Waals surface area contributed by atoms with Gasteiger partial charge in [0.05, 0.1) is 12.2 Å². The fourth-order valence-corrected chi connectivity index (χ4v) is 8.46. The summed E-state index contributed by atoms with van der Waals surface area (Å²) in [5.74, 6) is -2.59. The molecule has 4 bridgehead atoms. The van der Waals surface area contributed by atoms with Crippen LogP contribution < -0.4 is 0 Å². The van der Waals surface area contributed by atoms with Crippen LogP contribution in [0.3, 0.4) is 0 Å². The molecule has 2 aliphatic carbocycles. The molecule has 12 atom stereocenters. The Morgan fingerprint density at radius 3 is 2.74 bits per heavy atom. The van der Waals surface area contributed by atoms with Gasteiger partial charge in [-0.2, -0.15) is 11.3 Å². The second kappa shape index (κ2) is 11.1. The highest BCUT2D eigenvalue weighted by molar-refractivity contribution is 7.08. The monoisotopic (exact) mass is 597 g/mol. The van der Waals surface area contributed by atoms with Crippen LogP contribution in [0.4, 0.5) is 0 Å². The first kappa shape index (κ1) is 29.3. The fourth-order valence-electron chi connectivity index (χ4n) is 7.79. The molecule has 9 nitrogen and oxygen atoms in total. The van der Waals surface area contributed by atoms with Crippen LogP contribution in [0, 0.1) is 29.6 Å². The number of nitrogens with one attached hydrogen (secondary N) is 1. The molecule has 1 saturated heterocycles. The molecule has 2 unspecified atom stereocenters. The molecule has 1 saturated carbocycles. The summed E-state index contributed by atoms with van der Waals surface area (Å²) in [4.78, 5) is 29.6. The third kappa shape index (κ3) is 4.59. The molecule has 0 amide bonds. The smallest absolute Gasteiger partial charge is 0.355 e. The summed E-state index contributed by atoms with van der Waals surface area (Å²) in [6, 6.07) is 3.77. The number of esters is 2. The molecule has 6 rings (SSSR count). The van der Waals surface area contributed by atoms with E-state index in [2.05, 4.69) is 11.1 Å². The zero-order valence-electron chi connectivity index (χ0n) is 24.4. The molecule has 2 aromatic rings. The van der Waals surface area contributed by atoms with Gasteiger partial charge < -0.3 is 34.1 Å². The molecule has 42 heavy (non-hydrogen) atoms. The molecular formula is C32H39NO8S. The number of carbonyl (C=O) groups is 2. The van der Waals surface area contributed by atoms with Crippen LogP contribution in [0.2, 0.25) is 0 Å². The average molecular weight is 598 g/mol. The highest BCUT2D eigenvalue weighted by atomic mass is 32.1. The van der Waals surface area contributed by atoms with Gasteiger partial charge in [0.25, 0.3) is 0 Å². The van der Waals surface area contributed by atoms with Gasteiger partial charge >= 0.3 is 11.9 Å². The minimum absolute atomic E-state index is 0.197. The highest BCUT2D eigenvalue weighted by Crippen LogP contribution is 2.61. The van der Waals surface area contributed by atoms with E-state index < -0.39 is 60.1 Å². The lowest BCUT2D eigenvalue weighted by atomic mass is 9.57. The number of cyclic esters (lactones) is 1. The van der Waals surface area contributed by atoms with E-state index in [0.717, 1.165) is 16.7 Å². The lowest BCUT2D eigenvalue weighted by Crippen LogP contribution is -2.57. The molecule has 0 aromatic carbocycles. The van der Waals surface area contributed by atoms with Crippen molar-refractivity contribution in [2.24, 2.45) is 29.6 Å². The van der Waals surface area contributed by atoms with Gasteiger partial charge in [-0.25, -0.2) is 9.59 Å². The summed E-state index contributed by atoms with van der Waals surface area (Å²) in [6.07, 6.45) is 3.56. The number of thiophene rings is 1. The van der Waals surface area contributed by atoms with Gasteiger partial charge in [-0.05, 0) is 54.3 Å². The Kier molecular flexibility index (Phi) is 7.72. The van der Waals surface area contributed by atoms with Crippen LogP contribution in [0.15, 0.2) is 52.9 Å². The van der Waals surface area contributed by atoms with E-state index in [9.17, 15) is 19.8 Å². The number of hydrogen-bond acceptors (Lipinski definition) is 9. The summed E-state index contributed by atoms with van der Waals surface area (Å²) in [5, 5.41) is 26.3. The Bertz CT molecular complexity index is 1380. The largest absolute Gasteiger partial charge is 0.457 e. The average Bonchev–Trinajstić information content (AvgIpc) is 3.70. The maximum Gasteiger partial charge on any atom is 0.355 e. The van der Waals surface area contributed by atoms with E-state index >= 15 is 0 Å². The summed E-state index contributed by atoms with van der Waals surface area (Å²) in [5.41, 5.74) is 2.19. The molecular weight excluding hydrogens is 558 g/mol. The second-order valence-corrected chi connectivity index (χ2v) is 13.1. The standard InChI is InChI=1S/C32H39NO8S/c1-15-10-16(2)32-21(12-24(38-5)31(37)39-27(15)18(4)34)6-7-22-25(32)26(35)17(3)28(29(22)41-32)40-30(36)23-11-20(13-33-23)19-8-9-42-14-19/h6-11,13-15,17-18,21-22,24-29,33-35H,12H2,1-5H3/b16-10+/t15-,17-,18?,21?,22-,24+,25+,26-,27+,28-,29-,32+/m1/s1. The molecule has 3 N–H and O–H groups in total. The van der Waals surface area contributed by atoms with E-state index in [1.165, 1.54) is 7.11 Å². The fraction of sp³-hybridized carbons (Fsp3) is 0.562. The maximum atomic E-state index is 13.4. The molecule has 2 aliphatic heterocycles. The molecule has 1 spiro atoms. The van der Waals surface area contributed by atoms with Gasteiger partial charge in [0.15, 0.2) is 6.10 Å². The SMILES string of the molecule is CO[C@H]1CC2C=C[C@H]3[C@H]4O[C@]2(/C(C)=C/[C@@H](C)[C@@H](C(C)O)OC1=O)[C@@H]3[C@H](O)[C@@H](C)[C@H]4OC(=O)c1cc(-c2ccsc2)c[nH]1. The number of aliphatic hydroxyl groups is 2. The van der Waals surface area contributed by atoms with E-state index in [0.29, 0.717) is 5.69 Å². The molecule has 226 valence electrons. The number of rotatable bonds is 5.